The Morgan fingerprint density at radius 2 is 1.68 bits per heavy atom. The lowest BCUT2D eigenvalue weighted by Gasteiger charge is -2.17. The van der Waals surface area contributed by atoms with Crippen LogP contribution in [0.1, 0.15) is 17.5 Å². The number of hydrogen-bond acceptors (Lipinski definition) is 3. The zero-order valence-corrected chi connectivity index (χ0v) is 17.1. The second kappa shape index (κ2) is 9.71. The van der Waals surface area contributed by atoms with Gasteiger partial charge < -0.3 is 10.1 Å². The van der Waals surface area contributed by atoms with Crippen LogP contribution in [0.2, 0.25) is 0 Å². The van der Waals surface area contributed by atoms with Gasteiger partial charge in [-0.05, 0) is 60.5 Å². The lowest BCUT2D eigenvalue weighted by Crippen LogP contribution is -2.32. The summed E-state index contributed by atoms with van der Waals surface area (Å²) in [4.78, 5) is 14.7. The number of nitrogens with one attached hydrogen (secondary N) is 1. The monoisotopic (exact) mass is 422 g/mol. The van der Waals surface area contributed by atoms with Crippen molar-refractivity contribution in [3.05, 3.63) is 95.6 Å². The minimum absolute atomic E-state index is 0.0895. The number of halogens is 2. The number of hydrogen-bond donors (Lipinski definition) is 1. The van der Waals surface area contributed by atoms with Gasteiger partial charge in [-0.3, -0.25) is 9.69 Å². The molecular weight excluding hydrogens is 398 g/mol. The molecule has 31 heavy (non-hydrogen) atoms. The molecule has 1 fully saturated rings. The highest BCUT2D eigenvalue weighted by Gasteiger charge is 2.28. The maximum absolute atomic E-state index is 13.3. The number of ether oxygens (including phenoxy) is 1. The van der Waals surface area contributed by atoms with Crippen LogP contribution in [0, 0.1) is 17.6 Å². The van der Waals surface area contributed by atoms with Crippen molar-refractivity contribution < 1.29 is 18.3 Å². The molecule has 3 aromatic rings. The van der Waals surface area contributed by atoms with Crippen LogP contribution in [0.25, 0.3) is 0 Å². The first-order valence-corrected chi connectivity index (χ1v) is 10.3. The fourth-order valence-electron chi connectivity index (χ4n) is 3.83. The van der Waals surface area contributed by atoms with Crippen LogP contribution in [0.3, 0.4) is 0 Å². The van der Waals surface area contributed by atoms with E-state index in [1.807, 2.05) is 54.6 Å². The standard InChI is InChI=1S/C25H24F2N2O2/c26-21-11-19(12-22(27)14-21)15-28-25(30)20-9-10-29(17-20)16-18-5-4-8-24(13-18)31-23-6-2-1-3-7-23/h1-8,11-14,20H,9-10,15-17H2,(H,28,30). The molecule has 0 saturated carbocycles. The third-order valence-electron chi connectivity index (χ3n) is 5.32. The van der Waals surface area contributed by atoms with Crippen LogP contribution in [-0.2, 0) is 17.9 Å². The third kappa shape index (κ3) is 5.89. The molecule has 1 unspecified atom stereocenters. The first kappa shape index (κ1) is 21.0. The van der Waals surface area contributed by atoms with Crippen molar-refractivity contribution in [3.63, 3.8) is 0 Å². The summed E-state index contributed by atoms with van der Waals surface area (Å²) in [5.41, 5.74) is 1.53. The highest BCUT2D eigenvalue weighted by Crippen LogP contribution is 2.24. The molecule has 1 heterocycles. The summed E-state index contributed by atoms with van der Waals surface area (Å²) in [7, 11) is 0. The predicted octanol–water partition coefficient (Wildman–Crippen LogP) is 4.90. The Balaban J connectivity index is 1.29. The second-order valence-electron chi connectivity index (χ2n) is 7.78. The lowest BCUT2D eigenvalue weighted by atomic mass is 10.1. The maximum atomic E-state index is 13.3. The molecule has 1 aliphatic heterocycles. The van der Waals surface area contributed by atoms with E-state index in [4.69, 9.17) is 4.74 Å². The molecule has 1 aliphatic rings. The Labute approximate surface area is 180 Å². The number of nitrogens with zero attached hydrogens (tertiary/aromatic N) is 1. The zero-order chi connectivity index (χ0) is 21.6. The molecule has 3 aromatic carbocycles. The van der Waals surface area contributed by atoms with Gasteiger partial charge in [-0.25, -0.2) is 8.78 Å². The normalized spacial score (nSPS) is 16.3. The van der Waals surface area contributed by atoms with E-state index in [9.17, 15) is 13.6 Å². The third-order valence-corrected chi connectivity index (χ3v) is 5.32. The van der Waals surface area contributed by atoms with Crippen molar-refractivity contribution in [1.29, 1.82) is 0 Å². The summed E-state index contributed by atoms with van der Waals surface area (Å²) in [6, 6.07) is 20.9. The van der Waals surface area contributed by atoms with Gasteiger partial charge in [-0.2, -0.15) is 0 Å². The van der Waals surface area contributed by atoms with Gasteiger partial charge in [0.1, 0.15) is 23.1 Å². The van der Waals surface area contributed by atoms with Crippen LogP contribution in [0.15, 0.2) is 72.8 Å². The number of amides is 1. The molecule has 0 radical (unpaired) electrons. The van der Waals surface area contributed by atoms with E-state index in [1.54, 1.807) is 0 Å². The average Bonchev–Trinajstić information content (AvgIpc) is 3.21. The molecule has 0 bridgehead atoms. The van der Waals surface area contributed by atoms with Gasteiger partial charge in [-0.1, -0.05) is 30.3 Å². The van der Waals surface area contributed by atoms with Crippen LogP contribution in [0.4, 0.5) is 8.78 Å². The SMILES string of the molecule is O=C(NCc1cc(F)cc(F)c1)C1CCN(Cc2cccc(Oc3ccccc3)c2)C1. The van der Waals surface area contributed by atoms with Crippen molar-refractivity contribution in [2.75, 3.05) is 13.1 Å². The lowest BCUT2D eigenvalue weighted by molar-refractivity contribution is -0.124. The molecule has 1 saturated heterocycles. The van der Waals surface area contributed by atoms with Gasteiger partial charge in [0.15, 0.2) is 0 Å². The quantitative estimate of drug-likeness (QED) is 0.589. The minimum atomic E-state index is -0.644. The van der Waals surface area contributed by atoms with Gasteiger partial charge >= 0.3 is 0 Å². The predicted molar refractivity (Wildman–Crippen MR) is 115 cm³/mol. The van der Waals surface area contributed by atoms with E-state index in [-0.39, 0.29) is 18.4 Å². The van der Waals surface area contributed by atoms with E-state index >= 15 is 0 Å². The van der Waals surface area contributed by atoms with Gasteiger partial charge in [0.25, 0.3) is 0 Å². The Hall–Kier alpha value is -3.25. The number of rotatable bonds is 7. The smallest absolute Gasteiger partial charge is 0.224 e. The number of para-hydroxylation sites is 1. The van der Waals surface area contributed by atoms with Gasteiger partial charge in [0, 0.05) is 25.7 Å². The Morgan fingerprint density at radius 3 is 2.45 bits per heavy atom. The molecule has 1 atom stereocenters. The summed E-state index contributed by atoms with van der Waals surface area (Å²) >= 11 is 0. The van der Waals surface area contributed by atoms with E-state index < -0.39 is 11.6 Å². The molecule has 1 N–H and O–H groups in total. The molecule has 4 rings (SSSR count). The molecule has 6 heteroatoms. The molecule has 4 nitrogen and oxygen atoms in total. The Bertz CT molecular complexity index is 1020. The topological polar surface area (TPSA) is 41.6 Å². The fraction of sp³-hybridized carbons (Fsp3) is 0.240. The van der Waals surface area contributed by atoms with Crippen LogP contribution in [-0.4, -0.2) is 23.9 Å². The van der Waals surface area contributed by atoms with Gasteiger partial charge in [0.2, 0.25) is 5.91 Å². The van der Waals surface area contributed by atoms with Crippen LogP contribution < -0.4 is 10.1 Å². The zero-order valence-electron chi connectivity index (χ0n) is 17.1. The average molecular weight is 422 g/mol. The van der Waals surface area contributed by atoms with Crippen molar-refractivity contribution in [3.8, 4) is 11.5 Å². The van der Waals surface area contributed by atoms with Crippen molar-refractivity contribution in [1.82, 2.24) is 10.2 Å². The summed E-state index contributed by atoms with van der Waals surface area (Å²) in [6.07, 6.45) is 0.754. The Morgan fingerprint density at radius 1 is 0.935 bits per heavy atom. The molecule has 160 valence electrons. The van der Waals surface area contributed by atoms with Crippen molar-refractivity contribution >= 4 is 5.91 Å². The number of benzene rings is 3. The second-order valence-corrected chi connectivity index (χ2v) is 7.78. The molecule has 0 aliphatic carbocycles. The van der Waals surface area contributed by atoms with Gasteiger partial charge in [-0.15, -0.1) is 0 Å². The summed E-state index contributed by atoms with van der Waals surface area (Å²) in [6.45, 7) is 2.30. The minimum Gasteiger partial charge on any atom is -0.457 e. The number of likely N-dealkylation sites (tertiary alicyclic amines) is 1. The fourth-order valence-corrected chi connectivity index (χ4v) is 3.83. The number of carbonyl (C=O) groups excluding carboxylic acids is 1. The van der Waals surface area contributed by atoms with E-state index in [0.717, 1.165) is 42.6 Å². The Kier molecular flexibility index (Phi) is 6.57. The molecule has 0 aromatic heterocycles. The maximum Gasteiger partial charge on any atom is 0.224 e. The first-order valence-electron chi connectivity index (χ1n) is 10.3. The van der Waals surface area contributed by atoms with Gasteiger partial charge in [0.05, 0.1) is 5.92 Å². The molecule has 1 amide bonds. The summed E-state index contributed by atoms with van der Waals surface area (Å²) in [5.74, 6) is 0.0512. The van der Waals surface area contributed by atoms with Crippen LogP contribution in [0.5, 0.6) is 11.5 Å². The number of carbonyl (C=O) groups is 1. The molecule has 0 spiro atoms. The summed E-state index contributed by atoms with van der Waals surface area (Å²) < 4.78 is 32.5. The molecular formula is C25H24F2N2O2. The highest BCUT2D eigenvalue weighted by molar-refractivity contribution is 5.79. The van der Waals surface area contributed by atoms with Crippen molar-refractivity contribution in [2.45, 2.75) is 19.5 Å². The van der Waals surface area contributed by atoms with E-state index in [0.29, 0.717) is 12.1 Å². The van der Waals surface area contributed by atoms with Crippen molar-refractivity contribution in [2.24, 2.45) is 5.92 Å². The van der Waals surface area contributed by atoms with Crippen LogP contribution >= 0.6 is 0 Å². The largest absolute Gasteiger partial charge is 0.457 e. The highest BCUT2D eigenvalue weighted by atomic mass is 19.1. The van der Waals surface area contributed by atoms with E-state index in [2.05, 4.69) is 10.2 Å². The summed E-state index contributed by atoms with van der Waals surface area (Å²) in [5, 5.41) is 2.80. The van der Waals surface area contributed by atoms with E-state index in [1.165, 1.54) is 12.1 Å². The first-order chi connectivity index (χ1) is 15.0.